The number of carbonyl (C=O) groups is 2. The van der Waals surface area contributed by atoms with E-state index in [1.807, 2.05) is 85.9 Å². The van der Waals surface area contributed by atoms with E-state index in [0.717, 1.165) is 38.6 Å². The number of benzene rings is 1. The number of hydrogen-bond acceptors (Lipinski definition) is 6. The molecule has 3 atom stereocenters. The number of nitrogens with zero attached hydrogens (tertiary/aromatic N) is 3. The molecule has 3 aliphatic rings. The Morgan fingerprint density at radius 2 is 1.65 bits per heavy atom. The number of rotatable bonds is 9. The Morgan fingerprint density at radius 3 is 2.15 bits per heavy atom. The fourth-order valence-electron chi connectivity index (χ4n) is 6.05. The lowest BCUT2D eigenvalue weighted by Gasteiger charge is -2.35. The quantitative estimate of drug-likeness (QED) is 0.177. The number of fused-ring (bicyclic) bond motifs is 1. The van der Waals surface area contributed by atoms with Crippen molar-refractivity contribution in [3.05, 3.63) is 89.8 Å². The zero-order valence-electron chi connectivity index (χ0n) is 34.3. The molecule has 8 heteroatoms. The summed E-state index contributed by atoms with van der Waals surface area (Å²) in [5.41, 5.74) is 9.59. The van der Waals surface area contributed by atoms with Gasteiger partial charge in [-0.2, -0.15) is 0 Å². The number of allylic oxidation sites excluding steroid dienone is 4. The standard InChI is InChI=1S/C17H28N4O2.C11H16.C7H8.C5H11NO.2C2H6/c1-2-15(17(18)23)10-16(22)13-21-8-6-20(7-9-21)12-14-4-3-5-19-11-14;1-2-4-7-11-9-5-8-10(11)6-3-1;1-7-5-3-2-4-6-7;1-5(2,3)6-4-7;2*1-2/h3-5,11,15-16,22H,2,6-10,12-13H2,1H3,(H2,18,23);1-2,6,11H,3-5,7-9H2;2-6H,1H3;4H,1-3H3,(H,6,7);2*1-2H3/b;2-1-,10-6-;;;;. The number of aryl methyl sites for hydroxylation is 1. The fourth-order valence-corrected chi connectivity index (χ4v) is 6.05. The molecule has 2 heterocycles. The number of hydrogen-bond donors (Lipinski definition) is 3. The fraction of sp³-hybridized carbons (Fsp3) is 0.614. The second-order valence-corrected chi connectivity index (χ2v) is 14.2. The van der Waals surface area contributed by atoms with Crippen molar-refractivity contribution in [3.8, 4) is 0 Å². The normalized spacial score (nSPS) is 19.5. The Balaban J connectivity index is 0.000000739. The molecule has 0 spiro atoms. The highest BCUT2D eigenvalue weighted by Gasteiger charge is 2.23. The van der Waals surface area contributed by atoms with Crippen molar-refractivity contribution in [2.45, 2.75) is 132 Å². The van der Waals surface area contributed by atoms with Gasteiger partial charge in [-0.05, 0) is 96.6 Å². The largest absolute Gasteiger partial charge is 0.392 e. The molecule has 3 unspecified atom stereocenters. The van der Waals surface area contributed by atoms with Crippen molar-refractivity contribution >= 4 is 12.3 Å². The van der Waals surface area contributed by atoms with Gasteiger partial charge in [0.25, 0.3) is 0 Å². The van der Waals surface area contributed by atoms with Crippen LogP contribution >= 0.6 is 0 Å². The maximum Gasteiger partial charge on any atom is 0.220 e. The average molecular weight is 722 g/mol. The molecule has 2 amide bonds. The molecule has 2 aromatic rings. The summed E-state index contributed by atoms with van der Waals surface area (Å²) in [7, 11) is 0. The number of aliphatic hydroxyl groups excluding tert-OH is 1. The number of pyridine rings is 1. The molecule has 294 valence electrons. The van der Waals surface area contributed by atoms with Crippen molar-refractivity contribution < 1.29 is 14.7 Å². The van der Waals surface area contributed by atoms with Crippen LogP contribution in [0, 0.1) is 18.8 Å². The molecule has 1 aromatic heterocycles. The second-order valence-electron chi connectivity index (χ2n) is 14.2. The van der Waals surface area contributed by atoms with E-state index < -0.39 is 6.10 Å². The van der Waals surface area contributed by atoms with Crippen LogP contribution in [0.25, 0.3) is 0 Å². The third-order valence-corrected chi connectivity index (χ3v) is 8.85. The maximum absolute atomic E-state index is 11.3. The van der Waals surface area contributed by atoms with Crippen molar-refractivity contribution in [3.63, 3.8) is 0 Å². The zero-order chi connectivity index (χ0) is 39.2. The van der Waals surface area contributed by atoms with E-state index in [4.69, 9.17) is 5.73 Å². The number of piperazine rings is 1. The Kier molecular flexibility index (Phi) is 28.2. The van der Waals surface area contributed by atoms with Crippen molar-refractivity contribution in [2.24, 2.45) is 17.6 Å². The highest BCUT2D eigenvalue weighted by atomic mass is 16.3. The molecule has 4 N–H and O–H groups in total. The lowest BCUT2D eigenvalue weighted by atomic mass is 9.94. The van der Waals surface area contributed by atoms with Gasteiger partial charge in [0, 0.05) is 63.1 Å². The summed E-state index contributed by atoms with van der Waals surface area (Å²) in [6.07, 6.45) is 20.3. The van der Waals surface area contributed by atoms with Gasteiger partial charge < -0.3 is 16.2 Å². The van der Waals surface area contributed by atoms with Gasteiger partial charge in [-0.1, -0.05) is 100 Å². The van der Waals surface area contributed by atoms with Gasteiger partial charge in [-0.15, -0.1) is 0 Å². The first-order chi connectivity index (χ1) is 25.0. The van der Waals surface area contributed by atoms with Gasteiger partial charge in [0.05, 0.1) is 6.10 Å². The predicted octanol–water partition coefficient (Wildman–Crippen LogP) is 8.49. The maximum atomic E-state index is 11.3. The Labute approximate surface area is 318 Å². The lowest BCUT2D eigenvalue weighted by molar-refractivity contribution is -0.123. The summed E-state index contributed by atoms with van der Waals surface area (Å²) >= 11 is 0. The number of carbonyl (C=O) groups excluding carboxylic acids is 2. The van der Waals surface area contributed by atoms with E-state index in [2.05, 4.69) is 63.5 Å². The highest BCUT2D eigenvalue weighted by Crippen LogP contribution is 2.35. The second kappa shape index (κ2) is 30.2. The van der Waals surface area contributed by atoms with Crippen LogP contribution in [0.1, 0.15) is 118 Å². The van der Waals surface area contributed by atoms with Crippen molar-refractivity contribution in [2.75, 3.05) is 32.7 Å². The van der Waals surface area contributed by atoms with Gasteiger partial charge in [-0.3, -0.25) is 24.4 Å². The number of primary amides is 1. The summed E-state index contributed by atoms with van der Waals surface area (Å²) in [5.74, 6) is 0.421. The summed E-state index contributed by atoms with van der Waals surface area (Å²) in [6.45, 7) is 23.2. The third-order valence-electron chi connectivity index (χ3n) is 8.85. The van der Waals surface area contributed by atoms with Crippen molar-refractivity contribution in [1.29, 1.82) is 0 Å². The molecular formula is C44H75N5O3. The number of β-amino-alcohol motifs (C(OH)–C–C–N with tert-alkyl or cyclic N) is 1. The van der Waals surface area contributed by atoms with E-state index in [0.29, 0.717) is 25.8 Å². The molecule has 0 bridgehead atoms. The minimum Gasteiger partial charge on any atom is -0.392 e. The van der Waals surface area contributed by atoms with Crippen LogP contribution in [0.3, 0.4) is 0 Å². The first kappa shape index (κ1) is 48.7. The molecule has 1 saturated carbocycles. The molecule has 0 radical (unpaired) electrons. The van der Waals surface area contributed by atoms with E-state index >= 15 is 0 Å². The van der Waals surface area contributed by atoms with Crippen LogP contribution in [-0.4, -0.2) is 76.6 Å². The summed E-state index contributed by atoms with van der Waals surface area (Å²) < 4.78 is 0. The van der Waals surface area contributed by atoms with Crippen LogP contribution in [0.15, 0.2) is 78.7 Å². The first-order valence-electron chi connectivity index (χ1n) is 19.9. The highest BCUT2D eigenvalue weighted by molar-refractivity contribution is 5.76. The molecule has 5 rings (SSSR count). The summed E-state index contributed by atoms with van der Waals surface area (Å²) in [4.78, 5) is 29.8. The van der Waals surface area contributed by atoms with Gasteiger partial charge in [-0.25, -0.2) is 0 Å². The molecule has 2 aliphatic carbocycles. The third kappa shape index (κ3) is 24.0. The van der Waals surface area contributed by atoms with Gasteiger partial charge >= 0.3 is 0 Å². The Morgan fingerprint density at radius 1 is 1.00 bits per heavy atom. The monoisotopic (exact) mass is 722 g/mol. The SMILES string of the molecule is C1=C\CCC2CCC/C2=C/C/1.CC.CC.CC(C)(C)NC=O.CCC(CC(O)CN1CCN(Cc2cccnc2)CC1)C(N)=O.Cc1ccccc1. The molecule has 2 fully saturated rings. The number of nitrogens with one attached hydrogen (secondary N) is 1. The molecule has 1 aromatic carbocycles. The van der Waals surface area contributed by atoms with E-state index in [1.165, 1.54) is 49.7 Å². The molecule has 52 heavy (non-hydrogen) atoms. The smallest absolute Gasteiger partial charge is 0.220 e. The topological polar surface area (TPSA) is 112 Å². The summed E-state index contributed by atoms with van der Waals surface area (Å²) in [5, 5.41) is 12.8. The van der Waals surface area contributed by atoms with Gasteiger partial charge in [0.2, 0.25) is 12.3 Å². The number of nitrogens with two attached hydrogens (primary N) is 1. The van der Waals surface area contributed by atoms with Crippen molar-refractivity contribution in [1.82, 2.24) is 20.1 Å². The number of aliphatic hydroxyl groups is 1. The average Bonchev–Trinajstić information content (AvgIpc) is 3.56. The van der Waals surface area contributed by atoms with E-state index in [1.54, 1.807) is 11.8 Å². The number of aromatic nitrogens is 1. The minimum absolute atomic E-state index is 0.0677. The molecule has 8 nitrogen and oxygen atoms in total. The van der Waals surface area contributed by atoms with Gasteiger partial charge in [0.15, 0.2) is 0 Å². The van der Waals surface area contributed by atoms with E-state index in [9.17, 15) is 14.7 Å². The Hall–Kier alpha value is -3.33. The van der Waals surface area contributed by atoms with Crippen LogP contribution in [-0.2, 0) is 16.1 Å². The van der Waals surface area contributed by atoms with Gasteiger partial charge in [0.1, 0.15) is 0 Å². The lowest BCUT2D eigenvalue weighted by Crippen LogP contribution is -2.48. The molecular weight excluding hydrogens is 647 g/mol. The number of amides is 2. The van der Waals surface area contributed by atoms with Crippen LogP contribution in [0.4, 0.5) is 0 Å². The Bertz CT molecular complexity index is 1210. The van der Waals surface area contributed by atoms with Crippen LogP contribution in [0.5, 0.6) is 0 Å². The molecule has 1 aliphatic heterocycles. The minimum atomic E-state index is -0.489. The summed E-state index contributed by atoms with van der Waals surface area (Å²) in [6, 6.07) is 14.3. The zero-order valence-corrected chi connectivity index (χ0v) is 34.3. The van der Waals surface area contributed by atoms with E-state index in [-0.39, 0.29) is 17.4 Å². The van der Waals surface area contributed by atoms with Crippen LogP contribution < -0.4 is 11.1 Å². The van der Waals surface area contributed by atoms with Crippen LogP contribution in [0.2, 0.25) is 0 Å². The first-order valence-corrected chi connectivity index (χ1v) is 19.9. The predicted molar refractivity (Wildman–Crippen MR) is 221 cm³/mol. The molecule has 1 saturated heterocycles.